The lowest BCUT2D eigenvalue weighted by Crippen LogP contribution is -2.54. The van der Waals surface area contributed by atoms with Gasteiger partial charge in [0.2, 0.25) is 0 Å². The summed E-state index contributed by atoms with van der Waals surface area (Å²) in [4.78, 5) is 53.7. The number of piperidine rings is 1. The molecule has 0 saturated carbocycles. The summed E-state index contributed by atoms with van der Waals surface area (Å²) < 4.78 is 39.8. The molecule has 0 unspecified atom stereocenters. The number of anilines is 1. The fourth-order valence-electron chi connectivity index (χ4n) is 8.72. The number of nitrogens with one attached hydrogen (secondary N) is 2. The zero-order valence-corrected chi connectivity index (χ0v) is 36.8. The van der Waals surface area contributed by atoms with Crippen LogP contribution in [-0.2, 0) is 48.7 Å². The molecule has 8 rings (SSSR count). The smallest absolute Gasteiger partial charge is 0.408 e. The zero-order chi connectivity index (χ0) is 45.1. The highest BCUT2D eigenvalue weighted by Gasteiger charge is 2.59. The van der Waals surface area contributed by atoms with E-state index in [0.29, 0.717) is 53.4 Å². The summed E-state index contributed by atoms with van der Waals surface area (Å²) in [5.41, 5.74) is 3.52. The Balaban J connectivity index is 1.09. The first-order chi connectivity index (χ1) is 30.8. The summed E-state index contributed by atoms with van der Waals surface area (Å²) in [5.74, 6) is -0.838. The number of amides is 2. The SMILES string of the molecule is COc1ccc(CNc2ncnc3c2c(-c2ccn(C)n2)cn3[C@@H]2O[C@H](C(=O)N(CC[C@H](NC(=O)OCc3ccccc3)C(=O)O)C3CCN(C)CC3)[C@H]3OC(C)(C)O[C@H]32)c(OC)c1. The van der Waals surface area contributed by atoms with Crippen LogP contribution in [0.5, 0.6) is 11.5 Å². The molecule has 3 fully saturated rings. The number of carbonyl (C=O) groups excluding carboxylic acids is 2. The number of aryl methyl sites for hydroxylation is 1. The van der Waals surface area contributed by atoms with Crippen LogP contribution >= 0.6 is 0 Å². The maximum atomic E-state index is 15.1. The summed E-state index contributed by atoms with van der Waals surface area (Å²) in [5, 5.41) is 21.6. The van der Waals surface area contributed by atoms with E-state index in [1.807, 2.05) is 73.5 Å². The van der Waals surface area contributed by atoms with Crippen LogP contribution in [0.2, 0.25) is 0 Å². The van der Waals surface area contributed by atoms with Gasteiger partial charge < -0.3 is 58.5 Å². The fourth-order valence-corrected chi connectivity index (χ4v) is 8.72. The first-order valence-corrected chi connectivity index (χ1v) is 21.3. The molecule has 5 aromatic rings. The number of aromatic nitrogens is 5. The minimum absolute atomic E-state index is 0.0207. The van der Waals surface area contributed by atoms with Crippen molar-refractivity contribution in [3.05, 3.63) is 84.4 Å². The van der Waals surface area contributed by atoms with Crippen molar-refractivity contribution in [3.63, 3.8) is 0 Å². The number of rotatable bonds is 16. The van der Waals surface area contributed by atoms with Gasteiger partial charge in [-0.1, -0.05) is 30.3 Å². The van der Waals surface area contributed by atoms with Crippen molar-refractivity contribution in [3.8, 4) is 22.8 Å². The molecule has 19 nitrogen and oxygen atoms in total. The van der Waals surface area contributed by atoms with E-state index in [2.05, 4.69) is 20.5 Å². The third kappa shape index (κ3) is 9.47. The maximum absolute atomic E-state index is 15.1. The summed E-state index contributed by atoms with van der Waals surface area (Å²) in [6.07, 6.45) is 1.95. The molecule has 0 bridgehead atoms. The predicted octanol–water partition coefficient (Wildman–Crippen LogP) is 4.57. The summed E-state index contributed by atoms with van der Waals surface area (Å²) in [7, 11) is 7.07. The molecule has 19 heteroatoms. The van der Waals surface area contributed by atoms with Gasteiger partial charge >= 0.3 is 12.1 Å². The number of nitrogens with zero attached hydrogens (tertiary/aromatic N) is 7. The van der Waals surface area contributed by atoms with Gasteiger partial charge in [0.05, 0.1) is 25.3 Å². The van der Waals surface area contributed by atoms with Crippen LogP contribution in [0.25, 0.3) is 22.3 Å². The number of hydrogen-bond acceptors (Lipinski definition) is 14. The Hall–Kier alpha value is -6.28. The van der Waals surface area contributed by atoms with Crippen molar-refractivity contribution in [2.45, 2.75) is 88.7 Å². The quantitative estimate of drug-likeness (QED) is 0.124. The molecule has 3 saturated heterocycles. The number of ether oxygens (including phenoxy) is 6. The van der Waals surface area contributed by atoms with Crippen molar-refractivity contribution in [2.24, 2.45) is 7.05 Å². The van der Waals surface area contributed by atoms with Gasteiger partial charge in [-0.25, -0.2) is 19.6 Å². The second-order valence-electron chi connectivity index (χ2n) is 16.7. The highest BCUT2D eigenvalue weighted by molar-refractivity contribution is 6.00. The highest BCUT2D eigenvalue weighted by Crippen LogP contribution is 2.46. The number of aliphatic carboxylic acids is 1. The van der Waals surface area contributed by atoms with E-state index >= 15 is 4.79 Å². The van der Waals surface area contributed by atoms with Crippen molar-refractivity contribution >= 4 is 34.8 Å². The van der Waals surface area contributed by atoms with Crippen LogP contribution in [0.1, 0.15) is 50.5 Å². The Labute approximate surface area is 370 Å². The van der Waals surface area contributed by atoms with Crippen LogP contribution in [0, 0.1) is 0 Å². The molecule has 0 radical (unpaired) electrons. The number of carboxylic acids is 1. The van der Waals surface area contributed by atoms with Gasteiger partial charge in [-0.2, -0.15) is 5.10 Å². The van der Waals surface area contributed by atoms with Gasteiger partial charge in [0.15, 0.2) is 18.1 Å². The van der Waals surface area contributed by atoms with Crippen LogP contribution in [0.3, 0.4) is 0 Å². The normalized spacial score (nSPS) is 21.3. The second kappa shape index (κ2) is 18.8. The Morgan fingerprint density at radius 1 is 1.00 bits per heavy atom. The number of benzene rings is 2. The molecule has 3 aromatic heterocycles. The molecular weight excluding hydrogens is 827 g/mol. The first-order valence-electron chi connectivity index (χ1n) is 21.3. The van der Waals surface area contributed by atoms with E-state index in [1.165, 1.54) is 6.33 Å². The third-order valence-corrected chi connectivity index (χ3v) is 12.0. The molecule has 2 aromatic carbocycles. The van der Waals surface area contributed by atoms with Crippen molar-refractivity contribution < 1.29 is 47.9 Å². The van der Waals surface area contributed by atoms with Crippen LogP contribution in [-0.4, -0.2) is 134 Å². The monoisotopic (exact) mass is 881 g/mol. The summed E-state index contributed by atoms with van der Waals surface area (Å²) in [6.45, 7) is 5.42. The van der Waals surface area contributed by atoms with E-state index < -0.39 is 48.4 Å². The molecule has 5 atom stereocenters. The molecule has 3 aliphatic heterocycles. The number of alkyl carbamates (subject to hydrolysis) is 1. The lowest BCUT2D eigenvalue weighted by atomic mass is 10.0. The Kier molecular flexibility index (Phi) is 13.0. The summed E-state index contributed by atoms with van der Waals surface area (Å²) in [6, 6.07) is 15.0. The molecule has 340 valence electrons. The Bertz CT molecular complexity index is 2450. The number of fused-ring (bicyclic) bond motifs is 2. The topological polar surface area (TPSA) is 206 Å². The largest absolute Gasteiger partial charge is 0.497 e. The van der Waals surface area contributed by atoms with Gasteiger partial charge in [0.25, 0.3) is 5.91 Å². The van der Waals surface area contributed by atoms with E-state index in [0.717, 1.165) is 29.8 Å². The molecule has 3 aliphatic rings. The van der Waals surface area contributed by atoms with Gasteiger partial charge in [0.1, 0.15) is 54.1 Å². The van der Waals surface area contributed by atoms with Gasteiger partial charge in [-0.15, -0.1) is 0 Å². The van der Waals surface area contributed by atoms with Crippen LogP contribution < -0.4 is 20.1 Å². The number of methoxy groups -OCH3 is 2. The number of likely N-dealkylation sites (tertiary alicyclic amines) is 1. The van der Waals surface area contributed by atoms with Crippen molar-refractivity contribution in [2.75, 3.05) is 46.2 Å². The second-order valence-corrected chi connectivity index (χ2v) is 16.7. The fraction of sp³-hybridized carbons (Fsp3) is 0.467. The van der Waals surface area contributed by atoms with Gasteiger partial charge in [0, 0.05) is 55.8 Å². The van der Waals surface area contributed by atoms with Crippen molar-refractivity contribution in [1.29, 1.82) is 0 Å². The van der Waals surface area contributed by atoms with E-state index in [4.69, 9.17) is 38.5 Å². The maximum Gasteiger partial charge on any atom is 0.408 e. The molecule has 3 N–H and O–H groups in total. The molecule has 0 spiro atoms. The zero-order valence-electron chi connectivity index (χ0n) is 36.8. The molecule has 0 aliphatic carbocycles. The average Bonchev–Trinajstić information content (AvgIpc) is 4.06. The van der Waals surface area contributed by atoms with Gasteiger partial charge in [-0.3, -0.25) is 9.48 Å². The minimum atomic E-state index is -1.33. The van der Waals surface area contributed by atoms with Gasteiger partial charge in [-0.05, 0) is 77.0 Å². The third-order valence-electron chi connectivity index (χ3n) is 12.0. The van der Waals surface area contributed by atoms with E-state index in [9.17, 15) is 14.7 Å². The lowest BCUT2D eigenvalue weighted by molar-refractivity contribution is -0.201. The Morgan fingerprint density at radius 2 is 1.77 bits per heavy atom. The van der Waals surface area contributed by atoms with E-state index in [1.54, 1.807) is 49.8 Å². The van der Waals surface area contributed by atoms with Crippen LogP contribution in [0.4, 0.5) is 10.6 Å². The number of carbonyl (C=O) groups is 3. The molecule has 2 amide bonds. The predicted molar refractivity (Wildman–Crippen MR) is 232 cm³/mol. The number of carboxylic acid groups (broad SMARTS) is 1. The Morgan fingerprint density at radius 3 is 2.47 bits per heavy atom. The molecular formula is C45H55N9O10. The number of hydrogen-bond donors (Lipinski definition) is 3. The molecule has 64 heavy (non-hydrogen) atoms. The highest BCUT2D eigenvalue weighted by atomic mass is 16.8. The standard InChI is InChI=1S/C45H55N9O10/c1-45(2)63-36-37(41(55)53(29-14-18-51(3)19-15-29)21-17-33(43(56)57)49-44(58)61-25-27-10-8-7-9-11-27)62-42(38(36)64-45)54-24-31(32-16-20-52(4)50-32)35-39(47-26-48-40(35)54)46-23-28-12-13-30(59-5)22-34(28)60-6/h7-13,16,20,22,24,26,29,33,36-38,42H,14-15,17-19,21,23,25H2,1-6H3,(H,49,58)(H,56,57)(H,46,47,48)/t33-,36+,37-,38+,42+/m0/s1. The molecule has 6 heterocycles. The van der Waals surface area contributed by atoms with Crippen LogP contribution in [0.15, 0.2) is 73.3 Å². The average molecular weight is 882 g/mol. The lowest BCUT2D eigenvalue weighted by Gasteiger charge is -2.39. The first kappa shape index (κ1) is 44.3. The van der Waals surface area contributed by atoms with E-state index in [-0.39, 0.29) is 31.5 Å². The minimum Gasteiger partial charge on any atom is -0.497 e. The summed E-state index contributed by atoms with van der Waals surface area (Å²) >= 11 is 0. The van der Waals surface area contributed by atoms with Crippen molar-refractivity contribution in [1.82, 2.24) is 39.4 Å².